The molecule has 1 aromatic heterocycles. The summed E-state index contributed by atoms with van der Waals surface area (Å²) in [6, 6.07) is 16.4. The molecule has 0 unspecified atom stereocenters. The number of fused-ring (bicyclic) bond motifs is 1. The smallest absolute Gasteiger partial charge is 0.253 e. The van der Waals surface area contributed by atoms with Gasteiger partial charge >= 0.3 is 0 Å². The minimum Gasteiger partial charge on any atom is -0.338 e. The molecule has 2 heterocycles. The molecule has 140 valence electrons. The van der Waals surface area contributed by atoms with E-state index in [2.05, 4.69) is 29.7 Å². The van der Waals surface area contributed by atoms with E-state index in [1.165, 1.54) is 5.52 Å². The van der Waals surface area contributed by atoms with Crippen LogP contribution in [0.3, 0.4) is 0 Å². The van der Waals surface area contributed by atoms with Crippen LogP contribution in [-0.4, -0.2) is 33.4 Å². The number of aromatic nitrogens is 2. The number of carbonyl (C=O) groups is 1. The monoisotopic (exact) mass is 362 g/mol. The van der Waals surface area contributed by atoms with E-state index in [0.717, 1.165) is 54.8 Å². The number of imidazole rings is 1. The molecule has 1 amide bonds. The largest absolute Gasteiger partial charge is 0.338 e. The zero-order valence-electron chi connectivity index (χ0n) is 15.8. The minimum atomic E-state index is 0.114. The SMILES string of the molecule is CCc1nc2ccccc2n1C1CCN(C(=O)c2ccc(CN)cc2)CC1. The van der Waals surface area contributed by atoms with Crippen LogP contribution >= 0.6 is 0 Å². The van der Waals surface area contributed by atoms with E-state index in [4.69, 9.17) is 10.7 Å². The fraction of sp³-hybridized carbons (Fsp3) is 0.364. The second kappa shape index (κ2) is 7.53. The molecule has 0 spiro atoms. The van der Waals surface area contributed by atoms with Gasteiger partial charge in [-0.05, 0) is 42.7 Å². The zero-order chi connectivity index (χ0) is 18.8. The van der Waals surface area contributed by atoms with Gasteiger partial charge in [-0.1, -0.05) is 31.2 Å². The van der Waals surface area contributed by atoms with Gasteiger partial charge in [-0.25, -0.2) is 4.98 Å². The number of hydrogen-bond acceptors (Lipinski definition) is 3. The van der Waals surface area contributed by atoms with Crippen molar-refractivity contribution in [3.05, 3.63) is 65.5 Å². The Morgan fingerprint density at radius 1 is 1.11 bits per heavy atom. The number of amides is 1. The van der Waals surface area contributed by atoms with Crippen molar-refractivity contribution in [3.63, 3.8) is 0 Å². The number of hydrogen-bond donors (Lipinski definition) is 1. The zero-order valence-corrected chi connectivity index (χ0v) is 15.8. The van der Waals surface area contributed by atoms with E-state index < -0.39 is 0 Å². The van der Waals surface area contributed by atoms with Crippen molar-refractivity contribution in [1.82, 2.24) is 14.5 Å². The van der Waals surface area contributed by atoms with E-state index in [1.807, 2.05) is 35.2 Å². The second-order valence-corrected chi connectivity index (χ2v) is 7.16. The first-order valence-electron chi connectivity index (χ1n) is 9.75. The van der Waals surface area contributed by atoms with Gasteiger partial charge in [0.2, 0.25) is 0 Å². The van der Waals surface area contributed by atoms with Crippen molar-refractivity contribution in [3.8, 4) is 0 Å². The Bertz CT molecular complexity index is 937. The van der Waals surface area contributed by atoms with Crippen LogP contribution in [0.1, 0.15) is 47.6 Å². The Morgan fingerprint density at radius 2 is 1.81 bits per heavy atom. The molecule has 0 bridgehead atoms. The molecule has 1 saturated heterocycles. The van der Waals surface area contributed by atoms with Crippen molar-refractivity contribution >= 4 is 16.9 Å². The normalized spacial score (nSPS) is 15.4. The molecule has 5 nitrogen and oxygen atoms in total. The number of aryl methyl sites for hydroxylation is 1. The summed E-state index contributed by atoms with van der Waals surface area (Å²) >= 11 is 0. The van der Waals surface area contributed by atoms with Crippen molar-refractivity contribution < 1.29 is 4.79 Å². The third-order valence-corrected chi connectivity index (χ3v) is 5.54. The topological polar surface area (TPSA) is 64.2 Å². The lowest BCUT2D eigenvalue weighted by molar-refractivity contribution is 0.0695. The fourth-order valence-electron chi connectivity index (χ4n) is 4.04. The average molecular weight is 362 g/mol. The highest BCUT2D eigenvalue weighted by atomic mass is 16.2. The number of nitrogens with two attached hydrogens (primary N) is 1. The van der Waals surface area contributed by atoms with Gasteiger partial charge in [0, 0.05) is 37.7 Å². The summed E-state index contributed by atoms with van der Waals surface area (Å²) in [7, 11) is 0. The molecule has 1 aliphatic heterocycles. The van der Waals surface area contributed by atoms with E-state index >= 15 is 0 Å². The maximum atomic E-state index is 12.8. The molecule has 0 aliphatic carbocycles. The summed E-state index contributed by atoms with van der Waals surface area (Å²) < 4.78 is 2.40. The van der Waals surface area contributed by atoms with E-state index in [-0.39, 0.29) is 5.91 Å². The van der Waals surface area contributed by atoms with E-state index in [0.29, 0.717) is 12.6 Å². The number of benzene rings is 2. The minimum absolute atomic E-state index is 0.114. The van der Waals surface area contributed by atoms with Crippen LogP contribution in [0.4, 0.5) is 0 Å². The van der Waals surface area contributed by atoms with Gasteiger partial charge in [0.05, 0.1) is 11.0 Å². The highest BCUT2D eigenvalue weighted by molar-refractivity contribution is 5.94. The molecule has 0 atom stereocenters. The van der Waals surface area contributed by atoms with Crippen LogP contribution in [0.15, 0.2) is 48.5 Å². The van der Waals surface area contributed by atoms with Crippen molar-refractivity contribution in [2.24, 2.45) is 5.73 Å². The Kier molecular flexibility index (Phi) is 4.94. The van der Waals surface area contributed by atoms with Gasteiger partial charge < -0.3 is 15.2 Å². The molecule has 4 rings (SSSR count). The summed E-state index contributed by atoms with van der Waals surface area (Å²) in [5.74, 6) is 1.25. The second-order valence-electron chi connectivity index (χ2n) is 7.16. The van der Waals surface area contributed by atoms with Crippen LogP contribution in [0.5, 0.6) is 0 Å². The first-order chi connectivity index (χ1) is 13.2. The van der Waals surface area contributed by atoms with Crippen molar-refractivity contribution in [1.29, 1.82) is 0 Å². The van der Waals surface area contributed by atoms with Crippen molar-refractivity contribution in [2.45, 2.75) is 38.8 Å². The van der Waals surface area contributed by atoms with Crippen LogP contribution in [0.25, 0.3) is 11.0 Å². The standard InChI is InChI=1S/C22H26N4O/c1-2-21-24-19-5-3-4-6-20(19)26(21)18-11-13-25(14-12-18)22(27)17-9-7-16(15-23)8-10-17/h3-10,18H,2,11-15,23H2,1H3. The molecule has 0 radical (unpaired) electrons. The lowest BCUT2D eigenvalue weighted by Crippen LogP contribution is -2.39. The van der Waals surface area contributed by atoms with Gasteiger partial charge in [-0.3, -0.25) is 4.79 Å². The lowest BCUT2D eigenvalue weighted by atomic mass is 10.0. The van der Waals surface area contributed by atoms with Crippen LogP contribution < -0.4 is 5.73 Å². The summed E-state index contributed by atoms with van der Waals surface area (Å²) in [6.45, 7) is 4.20. The first kappa shape index (κ1) is 17.7. The third-order valence-electron chi connectivity index (χ3n) is 5.54. The number of likely N-dealkylation sites (tertiary alicyclic amines) is 1. The van der Waals surface area contributed by atoms with Crippen LogP contribution in [-0.2, 0) is 13.0 Å². The number of piperidine rings is 1. The van der Waals surface area contributed by atoms with Crippen LogP contribution in [0, 0.1) is 0 Å². The molecule has 0 saturated carbocycles. The molecular weight excluding hydrogens is 336 g/mol. The van der Waals surface area contributed by atoms with E-state index in [9.17, 15) is 4.79 Å². The number of rotatable bonds is 4. The molecule has 5 heteroatoms. The Balaban J connectivity index is 1.50. The number of carbonyl (C=O) groups excluding carboxylic acids is 1. The maximum absolute atomic E-state index is 12.8. The first-order valence-corrected chi connectivity index (χ1v) is 9.75. The van der Waals surface area contributed by atoms with Crippen molar-refractivity contribution in [2.75, 3.05) is 13.1 Å². The quantitative estimate of drug-likeness (QED) is 0.772. The predicted molar refractivity (Wildman–Crippen MR) is 108 cm³/mol. The Labute approximate surface area is 159 Å². The van der Waals surface area contributed by atoms with Gasteiger partial charge in [-0.2, -0.15) is 0 Å². The molecule has 2 N–H and O–H groups in total. The highest BCUT2D eigenvalue weighted by Crippen LogP contribution is 2.29. The lowest BCUT2D eigenvalue weighted by Gasteiger charge is -2.33. The van der Waals surface area contributed by atoms with E-state index in [1.54, 1.807) is 0 Å². The Morgan fingerprint density at radius 3 is 2.48 bits per heavy atom. The maximum Gasteiger partial charge on any atom is 0.253 e. The van der Waals surface area contributed by atoms with Gasteiger partial charge in [-0.15, -0.1) is 0 Å². The molecule has 27 heavy (non-hydrogen) atoms. The fourth-order valence-corrected chi connectivity index (χ4v) is 4.04. The Hall–Kier alpha value is -2.66. The number of nitrogens with zero attached hydrogens (tertiary/aromatic N) is 3. The third kappa shape index (κ3) is 3.35. The number of para-hydroxylation sites is 2. The summed E-state index contributed by atoms with van der Waals surface area (Å²) in [5.41, 5.74) is 9.70. The molecule has 2 aromatic carbocycles. The predicted octanol–water partition coefficient (Wildman–Crippen LogP) is 3.53. The average Bonchev–Trinajstić information content (AvgIpc) is 3.12. The highest BCUT2D eigenvalue weighted by Gasteiger charge is 2.26. The molecular formula is C22H26N4O. The molecule has 1 aliphatic rings. The van der Waals surface area contributed by atoms with Gasteiger partial charge in [0.25, 0.3) is 5.91 Å². The van der Waals surface area contributed by atoms with Crippen LogP contribution in [0.2, 0.25) is 0 Å². The summed E-state index contributed by atoms with van der Waals surface area (Å²) in [6.07, 6.45) is 2.83. The molecule has 1 fully saturated rings. The summed E-state index contributed by atoms with van der Waals surface area (Å²) in [5, 5.41) is 0. The van der Waals surface area contributed by atoms with Gasteiger partial charge in [0.1, 0.15) is 5.82 Å². The van der Waals surface area contributed by atoms with Gasteiger partial charge in [0.15, 0.2) is 0 Å². The molecule has 3 aromatic rings. The summed E-state index contributed by atoms with van der Waals surface area (Å²) in [4.78, 5) is 19.6.